The van der Waals surface area contributed by atoms with Gasteiger partial charge in [-0.05, 0) is 44.3 Å². The lowest BCUT2D eigenvalue weighted by Crippen LogP contribution is -2.14. The number of nitrogen functional groups attached to an aromatic ring is 1. The van der Waals surface area contributed by atoms with Crippen LogP contribution in [0.25, 0.3) is 10.2 Å². The van der Waals surface area contributed by atoms with Gasteiger partial charge in [-0.1, -0.05) is 17.7 Å². The number of likely N-dealkylation sites (N-methyl/N-ethyl adjacent to an activating group) is 1. The largest absolute Gasteiger partial charge is 0.455 e. The molecule has 0 spiro atoms. The molecule has 1 aromatic carbocycles. The second-order valence-electron chi connectivity index (χ2n) is 6.12. The summed E-state index contributed by atoms with van der Waals surface area (Å²) < 4.78 is 5.97. The van der Waals surface area contributed by atoms with Gasteiger partial charge in [0.15, 0.2) is 0 Å². The van der Waals surface area contributed by atoms with Gasteiger partial charge in [-0.3, -0.25) is 4.79 Å². The third-order valence-corrected chi connectivity index (χ3v) is 5.30. The zero-order valence-electron chi connectivity index (χ0n) is 14.5. The predicted octanol–water partition coefficient (Wildman–Crippen LogP) is 3.53. The van der Waals surface area contributed by atoms with Crippen LogP contribution in [0.1, 0.15) is 15.2 Å². The quantitative estimate of drug-likeness (QED) is 0.671. The zero-order valence-corrected chi connectivity index (χ0v) is 16.0. The van der Waals surface area contributed by atoms with Crippen molar-refractivity contribution in [3.63, 3.8) is 0 Å². The van der Waals surface area contributed by atoms with E-state index >= 15 is 0 Å². The number of amides is 1. The highest BCUT2D eigenvalue weighted by Gasteiger charge is 2.19. The van der Waals surface area contributed by atoms with Crippen LogP contribution in [0.15, 0.2) is 30.5 Å². The number of hydrogen-bond acceptors (Lipinski definition) is 6. The molecule has 6 nitrogen and oxygen atoms in total. The summed E-state index contributed by atoms with van der Waals surface area (Å²) in [6.07, 6.45) is 2.49. The minimum absolute atomic E-state index is 0.272. The maximum atomic E-state index is 11.5. The van der Waals surface area contributed by atoms with Gasteiger partial charge < -0.3 is 21.1 Å². The summed E-state index contributed by atoms with van der Waals surface area (Å²) in [5, 5.41) is 1.08. The molecular weight excluding hydrogens is 372 g/mol. The lowest BCUT2D eigenvalue weighted by molar-refractivity contribution is 0.100. The van der Waals surface area contributed by atoms with E-state index in [0.29, 0.717) is 26.7 Å². The Morgan fingerprint density at radius 3 is 2.73 bits per heavy atom. The molecule has 0 bridgehead atoms. The molecule has 0 fully saturated rings. The van der Waals surface area contributed by atoms with Crippen LogP contribution in [0.5, 0.6) is 11.5 Å². The van der Waals surface area contributed by atoms with E-state index in [-0.39, 0.29) is 10.6 Å². The van der Waals surface area contributed by atoms with E-state index in [1.165, 1.54) is 0 Å². The fourth-order valence-electron chi connectivity index (χ4n) is 2.54. The highest BCUT2D eigenvalue weighted by Crippen LogP contribution is 2.41. The van der Waals surface area contributed by atoms with Crippen molar-refractivity contribution in [2.45, 2.75) is 6.42 Å². The first-order chi connectivity index (χ1) is 12.4. The van der Waals surface area contributed by atoms with Gasteiger partial charge in [-0.15, -0.1) is 11.3 Å². The number of carbonyl (C=O) groups is 1. The number of benzene rings is 1. The third kappa shape index (κ3) is 3.75. The van der Waals surface area contributed by atoms with Crippen molar-refractivity contribution in [1.82, 2.24) is 9.88 Å². The maximum Gasteiger partial charge on any atom is 0.260 e. The molecule has 8 heteroatoms. The molecule has 0 aliphatic rings. The smallest absolute Gasteiger partial charge is 0.260 e. The molecule has 2 heterocycles. The van der Waals surface area contributed by atoms with E-state index in [0.717, 1.165) is 29.9 Å². The van der Waals surface area contributed by atoms with Crippen LogP contribution in [-0.2, 0) is 6.42 Å². The van der Waals surface area contributed by atoms with E-state index in [2.05, 4.69) is 9.88 Å². The molecule has 3 rings (SSSR count). The number of aromatic nitrogens is 1. The van der Waals surface area contributed by atoms with Crippen molar-refractivity contribution in [3.05, 3.63) is 45.9 Å². The number of hydrogen-bond donors (Lipinski definition) is 2. The minimum atomic E-state index is -0.584. The van der Waals surface area contributed by atoms with Crippen LogP contribution in [0.4, 0.5) is 5.69 Å². The topological polar surface area (TPSA) is 94.5 Å². The summed E-state index contributed by atoms with van der Waals surface area (Å²) in [5.41, 5.74) is 12.9. The molecule has 136 valence electrons. The number of nitrogens with zero attached hydrogens (tertiary/aromatic N) is 2. The zero-order chi connectivity index (χ0) is 18.8. The van der Waals surface area contributed by atoms with Crippen LogP contribution in [0, 0.1) is 0 Å². The summed E-state index contributed by atoms with van der Waals surface area (Å²) in [5.74, 6) is 0.415. The van der Waals surface area contributed by atoms with Crippen molar-refractivity contribution in [1.29, 1.82) is 0 Å². The van der Waals surface area contributed by atoms with Crippen LogP contribution in [0.2, 0.25) is 5.02 Å². The fourth-order valence-corrected chi connectivity index (χ4v) is 3.71. The Hall–Kier alpha value is -2.35. The van der Waals surface area contributed by atoms with Gasteiger partial charge in [0.05, 0.1) is 16.1 Å². The van der Waals surface area contributed by atoms with Crippen molar-refractivity contribution >= 4 is 44.7 Å². The Labute approximate surface area is 160 Å². The Bertz CT molecular complexity index is 971. The molecule has 1 amide bonds. The third-order valence-electron chi connectivity index (χ3n) is 3.88. The lowest BCUT2D eigenvalue weighted by Gasteiger charge is -2.12. The summed E-state index contributed by atoms with van der Waals surface area (Å²) >= 11 is 7.53. The van der Waals surface area contributed by atoms with E-state index in [9.17, 15) is 4.79 Å². The van der Waals surface area contributed by atoms with Crippen molar-refractivity contribution in [2.24, 2.45) is 5.73 Å². The monoisotopic (exact) mass is 390 g/mol. The molecule has 0 saturated carbocycles. The molecule has 26 heavy (non-hydrogen) atoms. The predicted molar refractivity (Wildman–Crippen MR) is 106 cm³/mol. The van der Waals surface area contributed by atoms with Crippen molar-refractivity contribution in [2.75, 3.05) is 26.4 Å². The van der Waals surface area contributed by atoms with Gasteiger partial charge in [0.2, 0.25) is 0 Å². The summed E-state index contributed by atoms with van der Waals surface area (Å²) in [6.45, 7) is 0.933. The number of thiophene rings is 1. The van der Waals surface area contributed by atoms with Crippen molar-refractivity contribution < 1.29 is 9.53 Å². The van der Waals surface area contributed by atoms with Gasteiger partial charge in [0.1, 0.15) is 21.2 Å². The highest BCUT2D eigenvalue weighted by molar-refractivity contribution is 7.21. The summed E-state index contributed by atoms with van der Waals surface area (Å²) in [4.78, 5) is 18.7. The van der Waals surface area contributed by atoms with Crippen LogP contribution in [-0.4, -0.2) is 36.4 Å². The second kappa shape index (κ2) is 7.49. The minimum Gasteiger partial charge on any atom is -0.455 e. The van der Waals surface area contributed by atoms with Crippen LogP contribution >= 0.6 is 22.9 Å². The standard InChI is InChI=1S/C18H19ClN4O2S/c1-23(2)8-6-10-3-4-12(11(19)9-10)25-13-5-7-22-18-14(13)15(20)16(26-18)17(21)24/h3-5,7,9H,6,8,20H2,1-2H3,(H2,21,24). The number of nitrogens with two attached hydrogens (primary N) is 2. The lowest BCUT2D eigenvalue weighted by atomic mass is 10.1. The molecule has 0 saturated heterocycles. The number of pyridine rings is 1. The first-order valence-corrected chi connectivity index (χ1v) is 9.14. The molecule has 3 aromatic rings. The van der Waals surface area contributed by atoms with E-state index in [1.807, 2.05) is 32.3 Å². The van der Waals surface area contributed by atoms with Gasteiger partial charge in [-0.25, -0.2) is 4.98 Å². The van der Waals surface area contributed by atoms with Crippen LogP contribution in [0.3, 0.4) is 0 Å². The number of carbonyl (C=O) groups excluding carboxylic acids is 1. The Kier molecular flexibility index (Phi) is 5.31. The first-order valence-electron chi connectivity index (χ1n) is 7.94. The molecule has 0 unspecified atom stereocenters. The number of anilines is 1. The second-order valence-corrected chi connectivity index (χ2v) is 7.52. The Balaban J connectivity index is 1.93. The molecule has 0 atom stereocenters. The van der Waals surface area contributed by atoms with Crippen molar-refractivity contribution in [3.8, 4) is 11.5 Å². The van der Waals surface area contributed by atoms with Gasteiger partial charge in [0, 0.05) is 12.7 Å². The Morgan fingerprint density at radius 2 is 2.08 bits per heavy atom. The number of ether oxygens (including phenoxy) is 1. The molecule has 0 radical (unpaired) electrons. The number of fused-ring (bicyclic) bond motifs is 1. The molecule has 2 aromatic heterocycles. The SMILES string of the molecule is CN(C)CCc1ccc(Oc2ccnc3sc(C(N)=O)c(N)c23)c(Cl)c1. The maximum absolute atomic E-state index is 11.5. The van der Waals surface area contributed by atoms with E-state index in [4.69, 9.17) is 27.8 Å². The highest BCUT2D eigenvalue weighted by atomic mass is 35.5. The van der Waals surface area contributed by atoms with Gasteiger partial charge in [-0.2, -0.15) is 0 Å². The molecular formula is C18H19ClN4O2S. The average molecular weight is 391 g/mol. The van der Waals surface area contributed by atoms with Gasteiger partial charge >= 0.3 is 0 Å². The van der Waals surface area contributed by atoms with E-state index < -0.39 is 5.91 Å². The summed E-state index contributed by atoms with van der Waals surface area (Å²) in [7, 11) is 4.05. The molecule has 0 aliphatic carbocycles. The number of primary amides is 1. The normalized spacial score (nSPS) is 11.2. The fraction of sp³-hybridized carbons (Fsp3) is 0.222. The number of halogens is 1. The first kappa shape index (κ1) is 18.4. The molecule has 4 N–H and O–H groups in total. The molecule has 0 aliphatic heterocycles. The Morgan fingerprint density at radius 1 is 1.31 bits per heavy atom. The number of rotatable bonds is 6. The van der Waals surface area contributed by atoms with Gasteiger partial charge in [0.25, 0.3) is 5.91 Å². The summed E-state index contributed by atoms with van der Waals surface area (Å²) in [6, 6.07) is 7.39. The van der Waals surface area contributed by atoms with E-state index in [1.54, 1.807) is 12.3 Å². The van der Waals surface area contributed by atoms with Crippen LogP contribution < -0.4 is 16.2 Å². The average Bonchev–Trinajstić information content (AvgIpc) is 2.93.